The summed E-state index contributed by atoms with van der Waals surface area (Å²) < 4.78 is 7.40. The van der Waals surface area contributed by atoms with Crippen LogP contribution in [0.4, 0.5) is 0 Å². The standard InChI is InChI=1S/C20H39N7O.HI/c1-17(2)8-5-6-9-21-20(23-16-19-25-24-18(3)26(19)4)22-10-7-11-27-12-14-28-15-13-27;/h17H,5-16H2,1-4H3,(H2,21,22,23);1H. The maximum atomic E-state index is 5.41. The number of morpholine rings is 1. The van der Waals surface area contributed by atoms with Crippen LogP contribution in [0, 0.1) is 12.8 Å². The van der Waals surface area contributed by atoms with E-state index in [9.17, 15) is 0 Å². The first-order valence-corrected chi connectivity index (χ1v) is 10.7. The van der Waals surface area contributed by atoms with Crippen molar-refractivity contribution in [3.05, 3.63) is 11.6 Å². The Morgan fingerprint density at radius 1 is 1.10 bits per heavy atom. The highest BCUT2D eigenvalue weighted by atomic mass is 127. The summed E-state index contributed by atoms with van der Waals surface area (Å²) in [5.74, 6) is 3.43. The zero-order chi connectivity index (χ0) is 20.2. The Balaban J connectivity index is 0.00000420. The van der Waals surface area contributed by atoms with Crippen molar-refractivity contribution in [2.24, 2.45) is 18.0 Å². The molecular formula is C20H40IN7O. The van der Waals surface area contributed by atoms with Gasteiger partial charge in [0.25, 0.3) is 0 Å². The normalized spacial score (nSPS) is 15.4. The summed E-state index contributed by atoms with van der Waals surface area (Å²) in [6.45, 7) is 13.8. The van der Waals surface area contributed by atoms with Crippen LogP contribution in [0.3, 0.4) is 0 Å². The lowest BCUT2D eigenvalue weighted by atomic mass is 10.1. The van der Waals surface area contributed by atoms with E-state index in [0.29, 0.717) is 6.54 Å². The van der Waals surface area contributed by atoms with E-state index < -0.39 is 0 Å². The van der Waals surface area contributed by atoms with Crippen LogP contribution in [-0.2, 0) is 18.3 Å². The fraction of sp³-hybridized carbons (Fsp3) is 0.850. The van der Waals surface area contributed by atoms with Crippen LogP contribution in [0.1, 0.15) is 51.2 Å². The summed E-state index contributed by atoms with van der Waals surface area (Å²) in [7, 11) is 1.98. The number of halogens is 1. The van der Waals surface area contributed by atoms with Gasteiger partial charge in [-0.05, 0) is 32.2 Å². The van der Waals surface area contributed by atoms with E-state index in [2.05, 4.69) is 39.6 Å². The SMILES string of the molecule is Cc1nnc(CN=C(NCCCCC(C)C)NCCCN2CCOCC2)n1C.I. The van der Waals surface area contributed by atoms with Crippen molar-refractivity contribution in [3.8, 4) is 0 Å². The number of aromatic nitrogens is 3. The van der Waals surface area contributed by atoms with Gasteiger partial charge in [0.15, 0.2) is 11.8 Å². The number of hydrogen-bond acceptors (Lipinski definition) is 5. The highest BCUT2D eigenvalue weighted by Gasteiger charge is 2.10. The molecule has 1 aliphatic rings. The van der Waals surface area contributed by atoms with E-state index in [4.69, 9.17) is 9.73 Å². The molecule has 0 saturated carbocycles. The van der Waals surface area contributed by atoms with Crippen molar-refractivity contribution >= 4 is 29.9 Å². The molecule has 0 aliphatic carbocycles. The van der Waals surface area contributed by atoms with Gasteiger partial charge in [-0.3, -0.25) is 4.90 Å². The number of ether oxygens (including phenoxy) is 1. The number of aliphatic imine (C=N–C) groups is 1. The third-order valence-corrected chi connectivity index (χ3v) is 5.11. The molecule has 0 aromatic carbocycles. The van der Waals surface area contributed by atoms with Crippen molar-refractivity contribution in [1.29, 1.82) is 0 Å². The average molecular weight is 521 g/mol. The third-order valence-electron chi connectivity index (χ3n) is 5.11. The molecule has 168 valence electrons. The second-order valence-electron chi connectivity index (χ2n) is 7.94. The zero-order valence-corrected chi connectivity index (χ0v) is 20.9. The molecule has 0 radical (unpaired) electrons. The molecule has 0 bridgehead atoms. The molecule has 8 nitrogen and oxygen atoms in total. The Bertz CT molecular complexity index is 585. The van der Waals surface area contributed by atoms with Crippen LogP contribution < -0.4 is 10.6 Å². The lowest BCUT2D eigenvalue weighted by Gasteiger charge is -2.26. The maximum Gasteiger partial charge on any atom is 0.191 e. The first-order chi connectivity index (χ1) is 13.6. The lowest BCUT2D eigenvalue weighted by molar-refractivity contribution is 0.0376. The average Bonchev–Trinajstić information content (AvgIpc) is 3.01. The van der Waals surface area contributed by atoms with Crippen LogP contribution in [0.25, 0.3) is 0 Å². The fourth-order valence-corrected chi connectivity index (χ4v) is 3.13. The number of nitrogens with one attached hydrogen (secondary N) is 2. The molecule has 1 aromatic heterocycles. The Hall–Kier alpha value is -0.940. The quantitative estimate of drug-likeness (QED) is 0.202. The minimum absolute atomic E-state index is 0. The highest BCUT2D eigenvalue weighted by Crippen LogP contribution is 2.05. The zero-order valence-electron chi connectivity index (χ0n) is 18.6. The number of aryl methyl sites for hydroxylation is 1. The Morgan fingerprint density at radius 2 is 1.79 bits per heavy atom. The van der Waals surface area contributed by atoms with Crippen molar-refractivity contribution in [2.75, 3.05) is 45.9 Å². The number of nitrogens with zero attached hydrogens (tertiary/aromatic N) is 5. The molecule has 9 heteroatoms. The van der Waals surface area contributed by atoms with Crippen LogP contribution in [0.5, 0.6) is 0 Å². The first-order valence-electron chi connectivity index (χ1n) is 10.7. The number of hydrogen-bond donors (Lipinski definition) is 2. The van der Waals surface area contributed by atoms with Gasteiger partial charge >= 0.3 is 0 Å². The molecule has 29 heavy (non-hydrogen) atoms. The van der Waals surface area contributed by atoms with Gasteiger partial charge in [0.05, 0.1) is 13.2 Å². The van der Waals surface area contributed by atoms with Gasteiger partial charge < -0.3 is 19.9 Å². The van der Waals surface area contributed by atoms with Crippen molar-refractivity contribution in [1.82, 2.24) is 30.3 Å². The van der Waals surface area contributed by atoms with Crippen LogP contribution in [0.15, 0.2) is 4.99 Å². The van der Waals surface area contributed by atoms with E-state index in [1.165, 1.54) is 12.8 Å². The highest BCUT2D eigenvalue weighted by molar-refractivity contribution is 14.0. The minimum Gasteiger partial charge on any atom is -0.379 e. The minimum atomic E-state index is 0. The van der Waals surface area contributed by atoms with E-state index in [0.717, 1.165) is 82.3 Å². The maximum absolute atomic E-state index is 5.41. The molecule has 2 N–H and O–H groups in total. The summed E-state index contributed by atoms with van der Waals surface area (Å²) in [6, 6.07) is 0. The molecule has 0 unspecified atom stereocenters. The molecular weight excluding hydrogens is 481 g/mol. The number of rotatable bonds is 11. The number of guanidine groups is 1. The smallest absolute Gasteiger partial charge is 0.191 e. The summed E-state index contributed by atoms with van der Waals surface area (Å²) in [4.78, 5) is 7.18. The molecule has 0 spiro atoms. The fourth-order valence-electron chi connectivity index (χ4n) is 3.13. The molecule has 2 heterocycles. The molecule has 0 amide bonds. The van der Waals surface area contributed by atoms with Crippen LogP contribution in [-0.4, -0.2) is 71.6 Å². The summed E-state index contributed by atoms with van der Waals surface area (Å²) >= 11 is 0. The van der Waals surface area contributed by atoms with E-state index in [1.54, 1.807) is 0 Å². The number of unbranched alkanes of at least 4 members (excludes halogenated alkanes) is 1. The van der Waals surface area contributed by atoms with Crippen LogP contribution in [0.2, 0.25) is 0 Å². The van der Waals surface area contributed by atoms with Crippen molar-refractivity contribution < 1.29 is 4.74 Å². The van der Waals surface area contributed by atoms with Gasteiger partial charge in [-0.2, -0.15) is 0 Å². The second-order valence-corrected chi connectivity index (χ2v) is 7.94. The van der Waals surface area contributed by atoms with Gasteiger partial charge in [0.1, 0.15) is 12.4 Å². The summed E-state index contributed by atoms with van der Waals surface area (Å²) in [5.41, 5.74) is 0. The Kier molecular flexibility index (Phi) is 13.5. The monoisotopic (exact) mass is 521 g/mol. The van der Waals surface area contributed by atoms with Gasteiger partial charge in [-0.1, -0.05) is 26.7 Å². The van der Waals surface area contributed by atoms with Crippen molar-refractivity contribution in [3.63, 3.8) is 0 Å². The van der Waals surface area contributed by atoms with E-state index in [-0.39, 0.29) is 24.0 Å². The van der Waals surface area contributed by atoms with Crippen LogP contribution >= 0.6 is 24.0 Å². The van der Waals surface area contributed by atoms with E-state index in [1.807, 2.05) is 18.5 Å². The lowest BCUT2D eigenvalue weighted by Crippen LogP contribution is -2.41. The van der Waals surface area contributed by atoms with Crippen molar-refractivity contribution in [2.45, 2.75) is 53.0 Å². The summed E-state index contributed by atoms with van der Waals surface area (Å²) in [6.07, 6.45) is 4.78. The molecule has 1 aliphatic heterocycles. The summed E-state index contributed by atoms with van der Waals surface area (Å²) in [5, 5.41) is 15.3. The molecule has 1 saturated heterocycles. The van der Waals surface area contributed by atoms with Gasteiger partial charge in [-0.15, -0.1) is 34.2 Å². The Labute approximate surface area is 193 Å². The largest absolute Gasteiger partial charge is 0.379 e. The molecule has 2 rings (SSSR count). The molecule has 0 atom stereocenters. The second kappa shape index (κ2) is 15.0. The predicted octanol–water partition coefficient (Wildman–Crippen LogP) is 2.33. The Morgan fingerprint density at radius 3 is 2.41 bits per heavy atom. The molecule has 1 fully saturated rings. The molecule has 1 aromatic rings. The first kappa shape index (κ1) is 26.1. The van der Waals surface area contributed by atoms with E-state index >= 15 is 0 Å². The third kappa shape index (κ3) is 10.6. The van der Waals surface area contributed by atoms with Gasteiger partial charge in [0.2, 0.25) is 0 Å². The topological polar surface area (TPSA) is 79.6 Å². The van der Waals surface area contributed by atoms with Gasteiger partial charge in [-0.25, -0.2) is 4.99 Å². The van der Waals surface area contributed by atoms with Gasteiger partial charge in [0, 0.05) is 33.2 Å². The predicted molar refractivity (Wildman–Crippen MR) is 129 cm³/mol.